The van der Waals surface area contributed by atoms with Crippen LogP contribution >= 0.6 is 11.6 Å². The first-order chi connectivity index (χ1) is 9.61. The molecule has 1 heterocycles. The first kappa shape index (κ1) is 15.6. The fraction of sp³-hybridized carbons (Fsp3) is 0.375. The number of nitrogens with zero attached hydrogens (tertiary/aromatic N) is 2. The Bertz CT molecular complexity index is 692. The van der Waals surface area contributed by atoms with Gasteiger partial charge in [-0.15, -0.1) is 0 Å². The highest BCUT2D eigenvalue weighted by molar-refractivity contribution is 6.34. The smallest absolute Gasteiger partial charge is 0.358 e. The van der Waals surface area contributed by atoms with Gasteiger partial charge in [-0.2, -0.15) is 5.10 Å². The van der Waals surface area contributed by atoms with E-state index in [0.29, 0.717) is 5.69 Å². The molecule has 21 heavy (non-hydrogen) atoms. The average molecular weight is 307 g/mol. The Morgan fingerprint density at radius 3 is 2.14 bits per heavy atom. The van der Waals surface area contributed by atoms with Crippen molar-refractivity contribution in [2.75, 3.05) is 0 Å². The second kappa shape index (κ2) is 5.19. The fourth-order valence-corrected chi connectivity index (χ4v) is 2.92. The van der Waals surface area contributed by atoms with E-state index in [1.54, 1.807) is 4.68 Å². The molecule has 0 saturated carbocycles. The SMILES string of the molecule is Cc1cc(C)cc(-n2nc(C(=O)O)c(Cl)c2C(C)(C)C)c1. The summed E-state index contributed by atoms with van der Waals surface area (Å²) in [7, 11) is 0. The summed E-state index contributed by atoms with van der Waals surface area (Å²) in [5.41, 5.74) is 3.27. The molecule has 0 unspecified atom stereocenters. The van der Waals surface area contributed by atoms with Crippen molar-refractivity contribution in [2.24, 2.45) is 0 Å². The summed E-state index contributed by atoms with van der Waals surface area (Å²) in [6.45, 7) is 9.95. The van der Waals surface area contributed by atoms with Gasteiger partial charge in [-0.05, 0) is 37.1 Å². The Hall–Kier alpha value is -1.81. The topological polar surface area (TPSA) is 55.1 Å². The number of aromatic nitrogens is 2. The number of aromatic carboxylic acids is 1. The van der Waals surface area contributed by atoms with Gasteiger partial charge in [-0.1, -0.05) is 38.4 Å². The lowest BCUT2D eigenvalue weighted by molar-refractivity contribution is 0.0690. The zero-order chi connectivity index (χ0) is 15.9. The molecular formula is C16H19ClN2O2. The normalized spacial score (nSPS) is 11.7. The molecule has 0 aliphatic heterocycles. The second-order valence-electron chi connectivity index (χ2n) is 6.32. The van der Waals surface area contributed by atoms with Crippen molar-refractivity contribution in [3.8, 4) is 5.69 Å². The number of carboxylic acid groups (broad SMARTS) is 1. The number of hydrogen-bond acceptors (Lipinski definition) is 2. The number of carbonyl (C=O) groups is 1. The summed E-state index contributed by atoms with van der Waals surface area (Å²) < 4.78 is 1.64. The monoisotopic (exact) mass is 306 g/mol. The third kappa shape index (κ3) is 2.95. The summed E-state index contributed by atoms with van der Waals surface area (Å²) in [4.78, 5) is 11.3. The minimum Gasteiger partial charge on any atom is -0.476 e. The lowest BCUT2D eigenvalue weighted by Crippen LogP contribution is -2.18. The Labute approximate surface area is 129 Å². The number of carboxylic acids is 1. The lowest BCUT2D eigenvalue weighted by Gasteiger charge is -2.21. The van der Waals surface area contributed by atoms with E-state index in [0.717, 1.165) is 16.8 Å². The molecule has 2 rings (SSSR count). The van der Waals surface area contributed by atoms with Crippen LogP contribution in [0.5, 0.6) is 0 Å². The molecule has 1 aromatic heterocycles. The van der Waals surface area contributed by atoms with Gasteiger partial charge in [0, 0.05) is 5.41 Å². The molecule has 112 valence electrons. The molecule has 4 nitrogen and oxygen atoms in total. The summed E-state index contributed by atoms with van der Waals surface area (Å²) in [5, 5.41) is 13.7. The molecule has 2 aromatic rings. The van der Waals surface area contributed by atoms with Crippen LogP contribution in [0.2, 0.25) is 5.02 Å². The highest BCUT2D eigenvalue weighted by Gasteiger charge is 2.29. The molecule has 0 atom stereocenters. The van der Waals surface area contributed by atoms with Gasteiger partial charge in [0.05, 0.1) is 16.4 Å². The van der Waals surface area contributed by atoms with E-state index >= 15 is 0 Å². The minimum absolute atomic E-state index is 0.110. The van der Waals surface area contributed by atoms with Crippen molar-refractivity contribution in [1.82, 2.24) is 9.78 Å². The maximum atomic E-state index is 11.3. The van der Waals surface area contributed by atoms with Gasteiger partial charge >= 0.3 is 5.97 Å². The molecule has 0 amide bonds. The van der Waals surface area contributed by atoms with Crippen LogP contribution in [-0.2, 0) is 5.41 Å². The van der Waals surface area contributed by atoms with Crippen molar-refractivity contribution < 1.29 is 9.90 Å². The maximum absolute atomic E-state index is 11.3. The number of benzene rings is 1. The first-order valence-corrected chi connectivity index (χ1v) is 7.10. The number of rotatable bonds is 2. The zero-order valence-corrected chi connectivity index (χ0v) is 13.6. The highest BCUT2D eigenvalue weighted by Crippen LogP contribution is 2.34. The number of hydrogen-bond donors (Lipinski definition) is 1. The van der Waals surface area contributed by atoms with Gasteiger partial charge in [0.25, 0.3) is 0 Å². The van der Waals surface area contributed by atoms with Gasteiger partial charge < -0.3 is 5.11 Å². The summed E-state index contributed by atoms with van der Waals surface area (Å²) in [6, 6.07) is 6.00. The van der Waals surface area contributed by atoms with E-state index in [9.17, 15) is 9.90 Å². The third-order valence-corrected chi connectivity index (χ3v) is 3.55. The van der Waals surface area contributed by atoms with E-state index in [2.05, 4.69) is 11.2 Å². The Balaban J connectivity index is 2.79. The van der Waals surface area contributed by atoms with Crippen LogP contribution in [0.25, 0.3) is 5.69 Å². The molecule has 0 saturated heterocycles. The van der Waals surface area contributed by atoms with Crippen LogP contribution in [0.1, 0.15) is 48.1 Å². The largest absolute Gasteiger partial charge is 0.476 e. The van der Waals surface area contributed by atoms with Gasteiger partial charge in [-0.3, -0.25) is 0 Å². The van der Waals surface area contributed by atoms with Gasteiger partial charge in [-0.25, -0.2) is 9.48 Å². The molecule has 1 N–H and O–H groups in total. The van der Waals surface area contributed by atoms with E-state index in [-0.39, 0.29) is 16.1 Å². The van der Waals surface area contributed by atoms with Crippen molar-refractivity contribution in [2.45, 2.75) is 40.0 Å². The quantitative estimate of drug-likeness (QED) is 0.907. The fourth-order valence-electron chi connectivity index (χ4n) is 2.44. The van der Waals surface area contributed by atoms with Crippen molar-refractivity contribution in [1.29, 1.82) is 0 Å². The predicted molar refractivity (Wildman–Crippen MR) is 83.7 cm³/mol. The average Bonchev–Trinajstić information content (AvgIpc) is 2.65. The molecule has 0 fully saturated rings. The molecule has 0 aliphatic carbocycles. The summed E-state index contributed by atoms with van der Waals surface area (Å²) in [5.74, 6) is -1.12. The molecule has 5 heteroatoms. The van der Waals surface area contributed by atoms with Crippen LogP contribution in [0.4, 0.5) is 0 Å². The summed E-state index contributed by atoms with van der Waals surface area (Å²) in [6.07, 6.45) is 0. The lowest BCUT2D eigenvalue weighted by atomic mass is 9.91. The number of halogens is 1. The van der Waals surface area contributed by atoms with E-state index in [1.807, 2.05) is 46.8 Å². The Kier molecular flexibility index (Phi) is 3.85. The molecule has 1 aromatic carbocycles. The van der Waals surface area contributed by atoms with E-state index < -0.39 is 5.97 Å². The van der Waals surface area contributed by atoms with Gasteiger partial charge in [0.2, 0.25) is 0 Å². The van der Waals surface area contributed by atoms with Gasteiger partial charge in [0.15, 0.2) is 5.69 Å². The predicted octanol–water partition coefficient (Wildman–Crippen LogP) is 4.14. The van der Waals surface area contributed by atoms with Crippen molar-refractivity contribution in [3.63, 3.8) is 0 Å². The molecule has 0 bridgehead atoms. The highest BCUT2D eigenvalue weighted by atomic mass is 35.5. The van der Waals surface area contributed by atoms with Crippen molar-refractivity contribution in [3.05, 3.63) is 45.7 Å². The maximum Gasteiger partial charge on any atom is 0.358 e. The molecule has 0 aliphatic rings. The van der Waals surface area contributed by atoms with Gasteiger partial charge in [0.1, 0.15) is 0 Å². The van der Waals surface area contributed by atoms with Crippen molar-refractivity contribution >= 4 is 17.6 Å². The van der Waals surface area contributed by atoms with E-state index in [4.69, 9.17) is 11.6 Å². The standard InChI is InChI=1S/C16H19ClN2O2/c1-9-6-10(2)8-11(7-9)19-14(16(3,4)5)12(17)13(18-19)15(20)21/h6-8H,1-5H3,(H,20,21). The first-order valence-electron chi connectivity index (χ1n) is 6.72. The number of aryl methyl sites for hydroxylation is 2. The summed E-state index contributed by atoms with van der Waals surface area (Å²) >= 11 is 6.27. The minimum atomic E-state index is -1.12. The zero-order valence-electron chi connectivity index (χ0n) is 12.9. The second-order valence-corrected chi connectivity index (χ2v) is 6.70. The molecular weight excluding hydrogens is 288 g/mol. The Morgan fingerprint density at radius 1 is 1.19 bits per heavy atom. The third-order valence-electron chi connectivity index (χ3n) is 3.19. The van der Waals surface area contributed by atoms with Crippen LogP contribution in [-0.4, -0.2) is 20.9 Å². The van der Waals surface area contributed by atoms with Crippen LogP contribution in [0.15, 0.2) is 18.2 Å². The van der Waals surface area contributed by atoms with Crippen LogP contribution < -0.4 is 0 Å². The Morgan fingerprint density at radius 2 is 1.71 bits per heavy atom. The van der Waals surface area contributed by atoms with E-state index in [1.165, 1.54) is 0 Å². The molecule has 0 radical (unpaired) electrons. The molecule has 0 spiro atoms. The van der Waals surface area contributed by atoms with Crippen LogP contribution in [0, 0.1) is 13.8 Å². The van der Waals surface area contributed by atoms with Crippen LogP contribution in [0.3, 0.4) is 0 Å².